The molecule has 0 bridgehead atoms. The molecule has 0 fully saturated rings. The molecular weight excluding hydrogens is 318 g/mol. The minimum Gasteiger partial charge on any atom is -0.269 e. The average molecular weight is 331 g/mol. The molecule has 0 radical (unpaired) electrons. The number of allylic oxidation sites excluding steroid dienone is 1. The number of thiocarbonyl (C=S) groups is 1. The summed E-state index contributed by atoms with van der Waals surface area (Å²) >= 11 is 5.48. The van der Waals surface area contributed by atoms with Crippen LogP contribution in [0.15, 0.2) is 84.0 Å². The lowest BCUT2D eigenvalue weighted by molar-refractivity contribution is -0.120. The summed E-state index contributed by atoms with van der Waals surface area (Å²) in [5.74, 6) is -0.936. The Morgan fingerprint density at radius 3 is 2.08 bits per heavy atom. The highest BCUT2D eigenvalue weighted by Gasteiger charge is 2.44. The lowest BCUT2D eigenvalue weighted by Crippen LogP contribution is -2.32. The van der Waals surface area contributed by atoms with E-state index in [-0.39, 0.29) is 17.7 Å². The third kappa shape index (κ3) is 2.15. The SMILES string of the molecule is O=C1C2=C(C(=O)N1c1ccccc1)C(c1ccccc1)C(=S)C=C2. The fourth-order valence-electron chi connectivity index (χ4n) is 3.20. The maximum Gasteiger partial charge on any atom is 0.265 e. The van der Waals surface area contributed by atoms with Gasteiger partial charge in [0.05, 0.1) is 17.2 Å². The van der Waals surface area contributed by atoms with Crippen molar-refractivity contribution in [2.24, 2.45) is 0 Å². The van der Waals surface area contributed by atoms with Crippen LogP contribution >= 0.6 is 12.2 Å². The summed E-state index contributed by atoms with van der Waals surface area (Å²) in [6.45, 7) is 0. The van der Waals surface area contributed by atoms with Crippen molar-refractivity contribution in [2.45, 2.75) is 5.92 Å². The maximum absolute atomic E-state index is 13.0. The van der Waals surface area contributed by atoms with Gasteiger partial charge in [-0.25, -0.2) is 4.90 Å². The number of imide groups is 1. The fourth-order valence-corrected chi connectivity index (χ4v) is 3.52. The standard InChI is InChI=1S/C20H13NO2S/c22-19-15-11-12-16(24)17(13-7-3-1-4-8-13)18(15)20(23)21(19)14-9-5-2-6-10-14/h1-12,17H. The Labute approximate surface area is 144 Å². The first-order chi connectivity index (χ1) is 11.7. The van der Waals surface area contributed by atoms with Gasteiger partial charge in [-0.1, -0.05) is 60.7 Å². The first kappa shape index (κ1) is 14.7. The number of hydrogen-bond acceptors (Lipinski definition) is 3. The molecule has 0 aromatic heterocycles. The fraction of sp³-hybridized carbons (Fsp3) is 0.0500. The number of carbonyl (C=O) groups excluding carboxylic acids is 2. The van der Waals surface area contributed by atoms with Crippen molar-refractivity contribution in [1.29, 1.82) is 0 Å². The predicted octanol–water partition coefficient (Wildman–Crippen LogP) is 3.58. The molecule has 2 aliphatic rings. The molecule has 1 atom stereocenters. The highest BCUT2D eigenvalue weighted by atomic mass is 32.1. The largest absolute Gasteiger partial charge is 0.269 e. The number of amides is 2. The zero-order valence-electron chi connectivity index (χ0n) is 12.7. The smallest absolute Gasteiger partial charge is 0.265 e. The molecular formula is C20H13NO2S. The van der Waals surface area contributed by atoms with E-state index in [4.69, 9.17) is 12.2 Å². The molecule has 0 saturated carbocycles. The van der Waals surface area contributed by atoms with Gasteiger partial charge in [-0.2, -0.15) is 0 Å². The molecule has 24 heavy (non-hydrogen) atoms. The lowest BCUT2D eigenvalue weighted by Gasteiger charge is -2.21. The molecule has 0 saturated heterocycles. The molecule has 1 heterocycles. The van der Waals surface area contributed by atoms with Crippen LogP contribution in [-0.4, -0.2) is 16.7 Å². The summed E-state index contributed by atoms with van der Waals surface area (Å²) in [7, 11) is 0. The third-order valence-corrected chi connectivity index (χ3v) is 4.66. The number of para-hydroxylation sites is 1. The van der Waals surface area contributed by atoms with Crippen LogP contribution in [0.3, 0.4) is 0 Å². The van der Waals surface area contributed by atoms with E-state index >= 15 is 0 Å². The number of rotatable bonds is 2. The molecule has 2 amide bonds. The highest BCUT2D eigenvalue weighted by Crippen LogP contribution is 2.39. The van der Waals surface area contributed by atoms with Gasteiger partial charge in [0, 0.05) is 10.4 Å². The first-order valence-electron chi connectivity index (χ1n) is 7.63. The minimum absolute atomic E-state index is 0.290. The normalized spacial score (nSPS) is 19.9. The number of nitrogens with zero attached hydrogens (tertiary/aromatic N) is 1. The molecule has 1 unspecified atom stereocenters. The molecule has 4 rings (SSSR count). The number of hydrogen-bond donors (Lipinski definition) is 0. The van der Waals surface area contributed by atoms with Gasteiger partial charge in [0.2, 0.25) is 0 Å². The van der Waals surface area contributed by atoms with E-state index in [1.807, 2.05) is 48.5 Å². The Bertz CT molecular complexity index is 913. The van der Waals surface area contributed by atoms with Crippen LogP contribution in [0.2, 0.25) is 0 Å². The minimum atomic E-state index is -0.355. The van der Waals surface area contributed by atoms with Crippen LogP contribution in [0.5, 0.6) is 0 Å². The summed E-state index contributed by atoms with van der Waals surface area (Å²) < 4.78 is 0. The molecule has 4 heteroatoms. The van der Waals surface area contributed by atoms with E-state index in [0.29, 0.717) is 21.7 Å². The quantitative estimate of drug-likeness (QED) is 0.623. The van der Waals surface area contributed by atoms with Crippen molar-refractivity contribution in [1.82, 2.24) is 0 Å². The molecule has 0 N–H and O–H groups in total. The zero-order valence-corrected chi connectivity index (χ0v) is 13.5. The van der Waals surface area contributed by atoms with Crippen LogP contribution in [0.1, 0.15) is 11.5 Å². The first-order valence-corrected chi connectivity index (χ1v) is 8.04. The van der Waals surface area contributed by atoms with Gasteiger partial charge in [-0.3, -0.25) is 9.59 Å². The Morgan fingerprint density at radius 2 is 1.42 bits per heavy atom. The van der Waals surface area contributed by atoms with Crippen molar-refractivity contribution < 1.29 is 9.59 Å². The summed E-state index contributed by atoms with van der Waals surface area (Å²) in [6.07, 6.45) is 3.42. The van der Waals surface area contributed by atoms with Crippen LogP contribution < -0.4 is 4.90 Å². The second-order valence-corrected chi connectivity index (χ2v) is 6.16. The second-order valence-electron chi connectivity index (χ2n) is 5.69. The van der Waals surface area contributed by atoms with Gasteiger partial charge in [0.15, 0.2) is 0 Å². The van der Waals surface area contributed by atoms with E-state index in [2.05, 4.69) is 0 Å². The number of anilines is 1. The average Bonchev–Trinajstić information content (AvgIpc) is 2.87. The van der Waals surface area contributed by atoms with Gasteiger partial charge in [0.25, 0.3) is 11.8 Å². The molecule has 2 aromatic rings. The summed E-state index contributed by atoms with van der Waals surface area (Å²) in [5.41, 5.74) is 2.41. The van der Waals surface area contributed by atoms with Crippen LogP contribution in [0.4, 0.5) is 5.69 Å². The topological polar surface area (TPSA) is 37.4 Å². The molecule has 3 nitrogen and oxygen atoms in total. The van der Waals surface area contributed by atoms with Crippen LogP contribution in [-0.2, 0) is 9.59 Å². The molecule has 2 aromatic carbocycles. The van der Waals surface area contributed by atoms with E-state index in [9.17, 15) is 9.59 Å². The maximum atomic E-state index is 13.0. The van der Waals surface area contributed by atoms with Gasteiger partial charge in [-0.15, -0.1) is 0 Å². The van der Waals surface area contributed by atoms with Crippen LogP contribution in [0.25, 0.3) is 0 Å². The predicted molar refractivity (Wildman–Crippen MR) is 96.9 cm³/mol. The molecule has 1 aliphatic carbocycles. The third-order valence-electron chi connectivity index (χ3n) is 4.29. The van der Waals surface area contributed by atoms with Crippen molar-refractivity contribution in [3.05, 3.63) is 89.5 Å². The molecule has 1 aliphatic heterocycles. The Kier molecular flexibility index (Phi) is 3.47. The Balaban J connectivity index is 1.83. The van der Waals surface area contributed by atoms with E-state index in [1.54, 1.807) is 24.3 Å². The second kappa shape index (κ2) is 5.65. The Hall–Kier alpha value is -2.85. The molecule has 0 spiro atoms. The van der Waals surface area contributed by atoms with Crippen molar-refractivity contribution in [3.63, 3.8) is 0 Å². The summed E-state index contributed by atoms with van der Waals surface area (Å²) in [4.78, 5) is 27.7. The van der Waals surface area contributed by atoms with E-state index < -0.39 is 0 Å². The number of carbonyl (C=O) groups is 2. The highest BCUT2D eigenvalue weighted by molar-refractivity contribution is 7.80. The van der Waals surface area contributed by atoms with Crippen molar-refractivity contribution in [3.8, 4) is 0 Å². The van der Waals surface area contributed by atoms with Crippen molar-refractivity contribution in [2.75, 3.05) is 4.90 Å². The van der Waals surface area contributed by atoms with Crippen LogP contribution in [0, 0.1) is 0 Å². The van der Waals surface area contributed by atoms with Crippen molar-refractivity contribution >= 4 is 34.6 Å². The monoisotopic (exact) mass is 331 g/mol. The molecule has 116 valence electrons. The summed E-state index contributed by atoms with van der Waals surface area (Å²) in [5, 5.41) is 0. The summed E-state index contributed by atoms with van der Waals surface area (Å²) in [6, 6.07) is 18.6. The number of benzene rings is 2. The van der Waals surface area contributed by atoms with Gasteiger partial charge < -0.3 is 0 Å². The Morgan fingerprint density at radius 1 is 0.792 bits per heavy atom. The zero-order chi connectivity index (χ0) is 16.7. The lowest BCUT2D eigenvalue weighted by atomic mass is 9.83. The van der Waals surface area contributed by atoms with E-state index in [1.165, 1.54) is 4.90 Å². The van der Waals surface area contributed by atoms with Gasteiger partial charge >= 0.3 is 0 Å². The van der Waals surface area contributed by atoms with E-state index in [0.717, 1.165) is 5.56 Å². The van der Waals surface area contributed by atoms with Gasteiger partial charge in [0.1, 0.15) is 0 Å². The van der Waals surface area contributed by atoms with Gasteiger partial charge in [-0.05, 0) is 29.8 Å².